The molecular formula is C14H25N3O. The summed E-state index contributed by atoms with van der Waals surface area (Å²) in [6.45, 7) is 5.63. The first-order chi connectivity index (χ1) is 8.53. The van der Waals surface area contributed by atoms with E-state index in [9.17, 15) is 4.79 Å². The van der Waals surface area contributed by atoms with Crippen molar-refractivity contribution in [3.05, 3.63) is 0 Å². The van der Waals surface area contributed by atoms with Gasteiger partial charge in [-0.2, -0.15) is 5.26 Å². The lowest BCUT2D eigenvalue weighted by atomic mass is 9.89. The van der Waals surface area contributed by atoms with Crippen molar-refractivity contribution in [2.75, 3.05) is 13.1 Å². The summed E-state index contributed by atoms with van der Waals surface area (Å²) in [5.41, 5.74) is -0.204. The maximum atomic E-state index is 11.4. The van der Waals surface area contributed by atoms with Crippen LogP contribution in [0.4, 0.5) is 0 Å². The molecule has 18 heavy (non-hydrogen) atoms. The summed E-state index contributed by atoms with van der Waals surface area (Å²) in [5.74, 6) is 0.163. The number of carbonyl (C=O) groups excluding carboxylic acids is 1. The molecule has 1 fully saturated rings. The Bertz CT molecular complexity index is 303. The van der Waals surface area contributed by atoms with Crippen LogP contribution in [0, 0.1) is 16.7 Å². The molecule has 0 aromatic carbocycles. The Kier molecular flexibility index (Phi) is 6.14. The Hall–Kier alpha value is -1.08. The minimum absolute atomic E-state index is 0.163. The number of rotatable bonds is 9. The third-order valence-electron chi connectivity index (χ3n) is 3.18. The van der Waals surface area contributed by atoms with Gasteiger partial charge in [0.15, 0.2) is 0 Å². The summed E-state index contributed by atoms with van der Waals surface area (Å²) in [6.07, 6.45) is 5.92. The highest BCUT2D eigenvalue weighted by atomic mass is 16.1. The molecule has 2 N–H and O–H groups in total. The number of unbranched alkanes of at least 4 members (excludes halogenated alkanes) is 1. The normalized spacial score (nSPS) is 15.2. The summed E-state index contributed by atoms with van der Waals surface area (Å²) >= 11 is 0. The average molecular weight is 251 g/mol. The second kappa shape index (κ2) is 7.38. The van der Waals surface area contributed by atoms with Crippen molar-refractivity contribution in [2.45, 2.75) is 58.4 Å². The smallest absolute Gasteiger partial charge is 0.221 e. The minimum Gasteiger partial charge on any atom is -0.353 e. The Morgan fingerprint density at radius 1 is 1.33 bits per heavy atom. The van der Waals surface area contributed by atoms with Gasteiger partial charge in [-0.25, -0.2) is 0 Å². The van der Waals surface area contributed by atoms with Gasteiger partial charge >= 0.3 is 0 Å². The van der Waals surface area contributed by atoms with E-state index in [1.54, 1.807) is 0 Å². The quantitative estimate of drug-likeness (QED) is 0.616. The molecule has 1 aliphatic carbocycles. The molecule has 102 valence electrons. The number of nitrogens with zero attached hydrogens (tertiary/aromatic N) is 1. The van der Waals surface area contributed by atoms with Gasteiger partial charge in [-0.1, -0.05) is 6.42 Å². The highest BCUT2D eigenvalue weighted by Crippen LogP contribution is 2.21. The molecule has 1 aliphatic rings. The zero-order valence-corrected chi connectivity index (χ0v) is 11.6. The van der Waals surface area contributed by atoms with Crippen molar-refractivity contribution >= 4 is 5.91 Å². The third kappa shape index (κ3) is 7.29. The zero-order valence-electron chi connectivity index (χ0n) is 11.6. The highest BCUT2D eigenvalue weighted by molar-refractivity contribution is 5.76. The minimum atomic E-state index is -0.204. The summed E-state index contributed by atoms with van der Waals surface area (Å²) in [5, 5.41) is 15.1. The lowest BCUT2D eigenvalue weighted by Gasteiger charge is -2.14. The van der Waals surface area contributed by atoms with Gasteiger partial charge < -0.3 is 10.6 Å². The van der Waals surface area contributed by atoms with E-state index in [1.165, 1.54) is 0 Å². The van der Waals surface area contributed by atoms with Crippen LogP contribution < -0.4 is 10.6 Å². The molecular weight excluding hydrogens is 226 g/mol. The van der Waals surface area contributed by atoms with Crippen molar-refractivity contribution < 1.29 is 4.79 Å². The summed E-state index contributed by atoms with van der Waals surface area (Å²) in [7, 11) is 0. The van der Waals surface area contributed by atoms with E-state index in [4.69, 9.17) is 5.26 Å². The number of nitrogens with one attached hydrogen (secondary N) is 2. The van der Waals surface area contributed by atoms with Crippen molar-refractivity contribution in [2.24, 2.45) is 5.41 Å². The highest BCUT2D eigenvalue weighted by Gasteiger charge is 2.22. The Labute approximate surface area is 110 Å². The second-order valence-corrected chi connectivity index (χ2v) is 5.79. The monoisotopic (exact) mass is 251 g/mol. The van der Waals surface area contributed by atoms with Gasteiger partial charge in [0.05, 0.1) is 11.5 Å². The molecule has 1 rings (SSSR count). The predicted octanol–water partition coefficient (Wildman–Crippen LogP) is 1.96. The topological polar surface area (TPSA) is 64.9 Å². The van der Waals surface area contributed by atoms with Gasteiger partial charge in [0.25, 0.3) is 0 Å². The molecule has 0 radical (unpaired) electrons. The lowest BCUT2D eigenvalue weighted by molar-refractivity contribution is -0.121. The van der Waals surface area contributed by atoms with E-state index >= 15 is 0 Å². The van der Waals surface area contributed by atoms with Gasteiger partial charge in [-0.15, -0.1) is 0 Å². The number of amides is 1. The molecule has 4 heteroatoms. The average Bonchev–Trinajstić information content (AvgIpc) is 3.11. The first kappa shape index (κ1) is 15.0. The van der Waals surface area contributed by atoms with Gasteiger partial charge in [0.2, 0.25) is 5.91 Å². The number of hydrogen-bond acceptors (Lipinski definition) is 3. The van der Waals surface area contributed by atoms with Crippen LogP contribution in [-0.2, 0) is 4.79 Å². The van der Waals surface area contributed by atoms with Crippen molar-refractivity contribution in [3.63, 3.8) is 0 Å². The van der Waals surface area contributed by atoms with Crippen LogP contribution in [0.5, 0.6) is 0 Å². The molecule has 4 nitrogen and oxygen atoms in total. The molecule has 1 saturated carbocycles. The van der Waals surface area contributed by atoms with Crippen molar-refractivity contribution in [1.82, 2.24) is 10.6 Å². The van der Waals surface area contributed by atoms with Crippen LogP contribution in [0.1, 0.15) is 52.4 Å². The Balaban J connectivity index is 1.86. The van der Waals surface area contributed by atoms with Crippen LogP contribution in [-0.4, -0.2) is 25.0 Å². The number of carbonyl (C=O) groups is 1. The number of nitriles is 1. The van der Waals surface area contributed by atoms with E-state index < -0.39 is 0 Å². The fourth-order valence-corrected chi connectivity index (χ4v) is 1.73. The van der Waals surface area contributed by atoms with Crippen LogP contribution in [0.2, 0.25) is 0 Å². The van der Waals surface area contributed by atoms with Crippen LogP contribution >= 0.6 is 0 Å². The van der Waals surface area contributed by atoms with Crippen molar-refractivity contribution in [1.29, 1.82) is 5.26 Å². The molecule has 0 bridgehead atoms. The molecule has 0 saturated heterocycles. The molecule has 0 heterocycles. The fourth-order valence-electron chi connectivity index (χ4n) is 1.73. The Morgan fingerprint density at radius 3 is 2.67 bits per heavy atom. The maximum Gasteiger partial charge on any atom is 0.221 e. The SMILES string of the molecule is CC(C)(C#N)CCCCNCCC(=O)NC1CC1. The van der Waals surface area contributed by atoms with Crippen LogP contribution in [0.15, 0.2) is 0 Å². The fraction of sp³-hybridized carbons (Fsp3) is 0.857. The first-order valence-electron chi connectivity index (χ1n) is 6.95. The van der Waals surface area contributed by atoms with Crippen LogP contribution in [0.25, 0.3) is 0 Å². The standard InChI is InChI=1S/C14H25N3O/c1-14(2,11-15)8-3-4-9-16-10-7-13(18)17-12-5-6-12/h12,16H,3-10H2,1-2H3,(H,17,18). The van der Waals surface area contributed by atoms with E-state index in [1.807, 2.05) is 13.8 Å². The van der Waals surface area contributed by atoms with E-state index in [-0.39, 0.29) is 11.3 Å². The predicted molar refractivity (Wildman–Crippen MR) is 71.9 cm³/mol. The molecule has 0 spiro atoms. The maximum absolute atomic E-state index is 11.4. The summed E-state index contributed by atoms with van der Waals surface area (Å²) < 4.78 is 0. The molecule has 0 unspecified atom stereocenters. The van der Waals surface area contributed by atoms with Crippen molar-refractivity contribution in [3.8, 4) is 6.07 Å². The molecule has 0 aromatic heterocycles. The zero-order chi connectivity index (χ0) is 13.4. The Morgan fingerprint density at radius 2 is 2.06 bits per heavy atom. The summed E-state index contributed by atoms with van der Waals surface area (Å²) in [6, 6.07) is 2.77. The van der Waals surface area contributed by atoms with E-state index in [0.717, 1.165) is 45.2 Å². The molecule has 0 atom stereocenters. The van der Waals surface area contributed by atoms with Gasteiger partial charge in [-0.05, 0) is 46.1 Å². The second-order valence-electron chi connectivity index (χ2n) is 5.79. The van der Waals surface area contributed by atoms with Gasteiger partial charge in [0.1, 0.15) is 0 Å². The molecule has 1 amide bonds. The first-order valence-corrected chi connectivity index (χ1v) is 6.95. The van der Waals surface area contributed by atoms with E-state index in [2.05, 4.69) is 16.7 Å². The summed E-state index contributed by atoms with van der Waals surface area (Å²) in [4.78, 5) is 11.4. The van der Waals surface area contributed by atoms with Crippen LogP contribution in [0.3, 0.4) is 0 Å². The van der Waals surface area contributed by atoms with Gasteiger partial charge in [0, 0.05) is 19.0 Å². The van der Waals surface area contributed by atoms with Gasteiger partial charge in [-0.3, -0.25) is 4.79 Å². The van der Waals surface area contributed by atoms with E-state index in [0.29, 0.717) is 12.5 Å². The third-order valence-corrected chi connectivity index (χ3v) is 3.18. The molecule has 0 aromatic rings. The molecule has 0 aliphatic heterocycles. The number of hydrogen-bond donors (Lipinski definition) is 2. The lowest BCUT2D eigenvalue weighted by Crippen LogP contribution is -2.29. The largest absolute Gasteiger partial charge is 0.353 e.